The highest BCUT2D eigenvalue weighted by Crippen LogP contribution is 2.32. The Balaban J connectivity index is 2.20. The number of rotatable bonds is 8. The van der Waals surface area contributed by atoms with Crippen LogP contribution in [0.1, 0.15) is 64.7 Å². The van der Waals surface area contributed by atoms with Crippen LogP contribution in [0.2, 0.25) is 0 Å². The van der Waals surface area contributed by atoms with Gasteiger partial charge in [0.2, 0.25) is 0 Å². The van der Waals surface area contributed by atoms with E-state index in [0.717, 1.165) is 17.9 Å². The van der Waals surface area contributed by atoms with Gasteiger partial charge in [0.15, 0.2) is 0 Å². The highest BCUT2D eigenvalue weighted by atomic mass is 14.9. The molecule has 1 N–H and O–H groups in total. The molecule has 1 nitrogen and oxygen atoms in total. The lowest BCUT2D eigenvalue weighted by atomic mass is 9.77. The minimum absolute atomic E-state index is 0.765. The van der Waals surface area contributed by atoms with Gasteiger partial charge in [0.05, 0.1) is 0 Å². The molecule has 1 aliphatic carbocycles. The summed E-state index contributed by atoms with van der Waals surface area (Å²) in [5, 5.41) is 3.56. The van der Waals surface area contributed by atoms with Gasteiger partial charge in [-0.3, -0.25) is 0 Å². The molecule has 17 heavy (non-hydrogen) atoms. The Morgan fingerprint density at radius 3 is 2.76 bits per heavy atom. The van der Waals surface area contributed by atoms with Crippen molar-refractivity contribution in [1.29, 1.82) is 0 Å². The van der Waals surface area contributed by atoms with E-state index >= 15 is 0 Å². The molecule has 0 heterocycles. The minimum Gasteiger partial charge on any atom is -0.317 e. The third-order valence-electron chi connectivity index (χ3n) is 4.34. The molecule has 0 aliphatic heterocycles. The van der Waals surface area contributed by atoms with Crippen LogP contribution in [-0.2, 0) is 0 Å². The second kappa shape index (κ2) is 8.74. The van der Waals surface area contributed by atoms with Crippen molar-refractivity contribution in [2.24, 2.45) is 11.8 Å². The molecule has 0 aromatic heterocycles. The summed E-state index contributed by atoms with van der Waals surface area (Å²) in [4.78, 5) is 0. The lowest BCUT2D eigenvalue weighted by Gasteiger charge is -2.33. The van der Waals surface area contributed by atoms with Gasteiger partial charge >= 0.3 is 0 Å². The molecule has 0 aromatic carbocycles. The summed E-state index contributed by atoms with van der Waals surface area (Å²) in [5.41, 5.74) is 0. The maximum atomic E-state index is 3.78. The van der Waals surface area contributed by atoms with Gasteiger partial charge in [0.1, 0.15) is 0 Å². The first-order chi connectivity index (χ1) is 8.27. The highest BCUT2D eigenvalue weighted by Gasteiger charge is 2.25. The summed E-state index contributed by atoms with van der Waals surface area (Å²) >= 11 is 0. The summed E-state index contributed by atoms with van der Waals surface area (Å²) in [6.07, 6.45) is 14.4. The molecule has 0 radical (unpaired) electrons. The largest absolute Gasteiger partial charge is 0.317 e. The van der Waals surface area contributed by atoms with Crippen molar-refractivity contribution in [3.05, 3.63) is 12.7 Å². The van der Waals surface area contributed by atoms with Gasteiger partial charge in [-0.1, -0.05) is 38.7 Å². The first-order valence-electron chi connectivity index (χ1n) is 7.56. The fraction of sp³-hybridized carbons (Fsp3) is 0.875. The molecule has 0 saturated heterocycles. The molecule has 0 aromatic rings. The quantitative estimate of drug-likeness (QED) is 0.483. The van der Waals surface area contributed by atoms with Crippen LogP contribution in [0.15, 0.2) is 12.7 Å². The Kier molecular flexibility index (Phi) is 7.59. The molecular weight excluding hydrogens is 206 g/mol. The maximum Gasteiger partial charge on any atom is 0.00924 e. The maximum absolute atomic E-state index is 3.78. The van der Waals surface area contributed by atoms with E-state index in [1.165, 1.54) is 57.8 Å². The topological polar surface area (TPSA) is 12.0 Å². The van der Waals surface area contributed by atoms with Crippen LogP contribution in [0, 0.1) is 11.8 Å². The Bertz CT molecular complexity index is 200. The van der Waals surface area contributed by atoms with E-state index in [1.54, 1.807) is 0 Å². The van der Waals surface area contributed by atoms with Gasteiger partial charge in [0, 0.05) is 6.04 Å². The second-order valence-electron chi connectivity index (χ2n) is 5.85. The normalized spacial score (nSPS) is 26.7. The van der Waals surface area contributed by atoms with Crippen LogP contribution in [0.25, 0.3) is 0 Å². The molecule has 1 heteroatoms. The van der Waals surface area contributed by atoms with E-state index in [0.29, 0.717) is 0 Å². The van der Waals surface area contributed by atoms with E-state index in [1.807, 2.05) is 6.08 Å². The van der Waals surface area contributed by atoms with Gasteiger partial charge in [-0.2, -0.15) is 0 Å². The van der Waals surface area contributed by atoms with Gasteiger partial charge in [-0.05, 0) is 51.0 Å². The Morgan fingerprint density at radius 2 is 2.12 bits per heavy atom. The van der Waals surface area contributed by atoms with E-state index in [4.69, 9.17) is 0 Å². The van der Waals surface area contributed by atoms with E-state index in [9.17, 15) is 0 Å². The first-order valence-corrected chi connectivity index (χ1v) is 7.56. The lowest BCUT2D eigenvalue weighted by Crippen LogP contribution is -2.36. The second-order valence-corrected chi connectivity index (χ2v) is 5.85. The van der Waals surface area contributed by atoms with Crippen LogP contribution < -0.4 is 5.32 Å². The SMILES string of the molecule is C=CCCCCCC(NC)C1CCCC(C)C1. The molecule has 1 aliphatic rings. The highest BCUT2D eigenvalue weighted by molar-refractivity contribution is 4.80. The molecule has 3 unspecified atom stereocenters. The number of unbranched alkanes of at least 4 members (excludes halogenated alkanes) is 3. The summed E-state index contributed by atoms with van der Waals surface area (Å²) in [6, 6.07) is 0.765. The molecule has 0 amide bonds. The number of hydrogen-bond acceptors (Lipinski definition) is 1. The first kappa shape index (κ1) is 14.8. The molecule has 100 valence electrons. The predicted molar refractivity (Wildman–Crippen MR) is 77.3 cm³/mol. The van der Waals surface area contributed by atoms with Crippen molar-refractivity contribution in [2.45, 2.75) is 70.8 Å². The summed E-state index contributed by atoms with van der Waals surface area (Å²) < 4.78 is 0. The monoisotopic (exact) mass is 237 g/mol. The molecule has 1 fully saturated rings. The zero-order valence-electron chi connectivity index (χ0n) is 11.9. The average molecular weight is 237 g/mol. The van der Waals surface area contributed by atoms with Crippen molar-refractivity contribution in [3.8, 4) is 0 Å². The van der Waals surface area contributed by atoms with Crippen LogP contribution >= 0.6 is 0 Å². The molecule has 1 saturated carbocycles. The average Bonchev–Trinajstić information content (AvgIpc) is 2.34. The standard InChI is InChI=1S/C16H31N/c1-4-5-6-7-8-12-16(17-3)15-11-9-10-14(2)13-15/h4,14-17H,1,5-13H2,2-3H3. The summed E-state index contributed by atoms with van der Waals surface area (Å²) in [7, 11) is 2.15. The van der Waals surface area contributed by atoms with Crippen molar-refractivity contribution in [2.75, 3.05) is 7.05 Å². The van der Waals surface area contributed by atoms with Crippen LogP contribution in [0.4, 0.5) is 0 Å². The Hall–Kier alpha value is -0.300. The van der Waals surface area contributed by atoms with Crippen molar-refractivity contribution < 1.29 is 0 Å². The summed E-state index contributed by atoms with van der Waals surface area (Å²) in [6.45, 7) is 6.20. The predicted octanol–water partition coefficient (Wildman–Crippen LogP) is 4.54. The molecule has 1 rings (SSSR count). The number of hydrogen-bond donors (Lipinski definition) is 1. The number of allylic oxidation sites excluding steroid dienone is 1. The van der Waals surface area contributed by atoms with Gasteiger partial charge in [0.25, 0.3) is 0 Å². The molecule has 3 atom stereocenters. The number of nitrogens with one attached hydrogen (secondary N) is 1. The zero-order valence-corrected chi connectivity index (χ0v) is 11.9. The molecule has 0 bridgehead atoms. The van der Waals surface area contributed by atoms with Crippen molar-refractivity contribution in [1.82, 2.24) is 5.32 Å². The van der Waals surface area contributed by atoms with Gasteiger partial charge < -0.3 is 5.32 Å². The lowest BCUT2D eigenvalue weighted by molar-refractivity contribution is 0.218. The van der Waals surface area contributed by atoms with E-state index in [2.05, 4.69) is 25.9 Å². The van der Waals surface area contributed by atoms with Crippen LogP contribution in [0.5, 0.6) is 0 Å². The molecular formula is C16H31N. The van der Waals surface area contributed by atoms with Crippen LogP contribution in [-0.4, -0.2) is 13.1 Å². The van der Waals surface area contributed by atoms with Crippen molar-refractivity contribution >= 4 is 0 Å². The Morgan fingerprint density at radius 1 is 1.29 bits per heavy atom. The van der Waals surface area contributed by atoms with Crippen molar-refractivity contribution in [3.63, 3.8) is 0 Å². The summed E-state index contributed by atoms with van der Waals surface area (Å²) in [5.74, 6) is 1.88. The van der Waals surface area contributed by atoms with Gasteiger partial charge in [-0.15, -0.1) is 6.58 Å². The van der Waals surface area contributed by atoms with Gasteiger partial charge in [-0.25, -0.2) is 0 Å². The fourth-order valence-corrected chi connectivity index (χ4v) is 3.29. The Labute approximate surface area is 108 Å². The zero-order chi connectivity index (χ0) is 12.5. The smallest absolute Gasteiger partial charge is 0.00924 e. The van der Waals surface area contributed by atoms with Crippen LogP contribution in [0.3, 0.4) is 0 Å². The van der Waals surface area contributed by atoms with E-state index < -0.39 is 0 Å². The third kappa shape index (κ3) is 5.72. The minimum atomic E-state index is 0.765. The fourth-order valence-electron chi connectivity index (χ4n) is 3.29. The molecule has 0 spiro atoms. The van der Waals surface area contributed by atoms with E-state index in [-0.39, 0.29) is 0 Å². The third-order valence-corrected chi connectivity index (χ3v) is 4.34.